The number of nitrogens with zero attached hydrogens (tertiary/aromatic N) is 3. The van der Waals surface area contributed by atoms with E-state index in [1.165, 1.54) is 0 Å². The Labute approximate surface area is 275 Å². The molecule has 0 saturated heterocycles. The van der Waals surface area contributed by atoms with Crippen LogP contribution in [0.25, 0.3) is 0 Å². The molecule has 0 aliphatic carbocycles. The summed E-state index contributed by atoms with van der Waals surface area (Å²) in [6.07, 6.45) is 0. The molecule has 0 heterocycles. The van der Waals surface area contributed by atoms with Crippen LogP contribution in [0.4, 0.5) is 51.2 Å². The lowest BCUT2D eigenvalue weighted by molar-refractivity contribution is 1.24. The van der Waals surface area contributed by atoms with Crippen molar-refractivity contribution in [1.82, 2.24) is 0 Å². The van der Waals surface area contributed by atoms with Crippen LogP contribution in [0.2, 0.25) is 5.02 Å². The minimum Gasteiger partial charge on any atom is -0.311 e. The lowest BCUT2D eigenvalue weighted by Gasteiger charge is -2.29. The van der Waals surface area contributed by atoms with Crippen molar-refractivity contribution < 1.29 is 0 Å². The lowest BCUT2D eigenvalue weighted by Crippen LogP contribution is -2.13. The maximum atomic E-state index is 6.32. The van der Waals surface area contributed by atoms with E-state index in [1.54, 1.807) is 0 Å². The van der Waals surface area contributed by atoms with Crippen molar-refractivity contribution in [3.8, 4) is 0 Å². The maximum absolute atomic E-state index is 6.32. The summed E-state index contributed by atoms with van der Waals surface area (Å²) in [6, 6.07) is 67.3. The van der Waals surface area contributed by atoms with Gasteiger partial charge in [0.2, 0.25) is 0 Å². The van der Waals surface area contributed by atoms with Gasteiger partial charge in [-0.25, -0.2) is 0 Å². The largest absolute Gasteiger partial charge is 0.311 e. The first-order valence-electron chi connectivity index (χ1n) is 15.3. The van der Waals surface area contributed by atoms with Crippen LogP contribution in [-0.2, 0) is 0 Å². The second-order valence-corrected chi connectivity index (χ2v) is 11.3. The third-order valence-corrected chi connectivity index (χ3v) is 8.13. The molecule has 0 atom stereocenters. The van der Waals surface area contributed by atoms with Crippen LogP contribution in [0.3, 0.4) is 0 Å². The van der Waals surface area contributed by atoms with E-state index in [-0.39, 0.29) is 0 Å². The van der Waals surface area contributed by atoms with Gasteiger partial charge in [0, 0.05) is 56.2 Å². The van der Waals surface area contributed by atoms with Gasteiger partial charge in [-0.15, -0.1) is 0 Å². The number of para-hydroxylation sites is 4. The van der Waals surface area contributed by atoms with E-state index < -0.39 is 0 Å². The second kappa shape index (κ2) is 13.5. The Balaban J connectivity index is 1.27. The summed E-state index contributed by atoms with van der Waals surface area (Å²) in [7, 11) is 0. The van der Waals surface area contributed by atoms with Crippen molar-refractivity contribution in [2.45, 2.75) is 0 Å². The fourth-order valence-electron chi connectivity index (χ4n) is 5.74. The monoisotopic (exact) mass is 613 g/mol. The molecule has 0 aliphatic rings. The summed E-state index contributed by atoms with van der Waals surface area (Å²) in [5, 5.41) is 0.706. The Bertz CT molecular complexity index is 1760. The van der Waals surface area contributed by atoms with Crippen LogP contribution in [-0.4, -0.2) is 0 Å². The highest BCUT2D eigenvalue weighted by Crippen LogP contribution is 2.41. The Hall–Kier alpha value is -5.77. The highest BCUT2D eigenvalue weighted by atomic mass is 35.5. The van der Waals surface area contributed by atoms with Gasteiger partial charge in [-0.1, -0.05) is 84.4 Å². The zero-order chi connectivity index (χ0) is 31.1. The molecule has 7 rings (SSSR count). The van der Waals surface area contributed by atoms with Crippen LogP contribution in [0, 0.1) is 0 Å². The van der Waals surface area contributed by atoms with Gasteiger partial charge < -0.3 is 14.7 Å². The van der Waals surface area contributed by atoms with Gasteiger partial charge in [0.05, 0.1) is 0 Å². The third-order valence-electron chi connectivity index (χ3n) is 7.87. The fourth-order valence-corrected chi connectivity index (χ4v) is 5.87. The molecule has 7 aromatic carbocycles. The van der Waals surface area contributed by atoms with E-state index in [4.69, 9.17) is 11.6 Å². The van der Waals surface area contributed by atoms with Gasteiger partial charge >= 0.3 is 0 Å². The highest BCUT2D eigenvalue weighted by molar-refractivity contribution is 6.30. The second-order valence-electron chi connectivity index (χ2n) is 10.9. The molecule has 0 saturated carbocycles. The molecule has 0 spiro atoms. The average Bonchev–Trinajstić information content (AvgIpc) is 3.13. The van der Waals surface area contributed by atoms with Crippen LogP contribution in [0.5, 0.6) is 0 Å². The van der Waals surface area contributed by atoms with Crippen molar-refractivity contribution in [2.75, 3.05) is 14.7 Å². The van der Waals surface area contributed by atoms with E-state index >= 15 is 0 Å². The molecule has 0 unspecified atom stereocenters. The van der Waals surface area contributed by atoms with Crippen LogP contribution >= 0.6 is 11.6 Å². The van der Waals surface area contributed by atoms with Crippen LogP contribution in [0.15, 0.2) is 194 Å². The quantitative estimate of drug-likeness (QED) is 0.160. The van der Waals surface area contributed by atoms with Crippen LogP contribution < -0.4 is 14.7 Å². The average molecular weight is 614 g/mol. The topological polar surface area (TPSA) is 9.72 Å². The van der Waals surface area contributed by atoms with Crippen molar-refractivity contribution in [2.24, 2.45) is 0 Å². The van der Waals surface area contributed by atoms with E-state index in [0.717, 1.165) is 51.2 Å². The summed E-state index contributed by atoms with van der Waals surface area (Å²) in [5.74, 6) is 0. The van der Waals surface area contributed by atoms with Crippen molar-refractivity contribution in [3.05, 3.63) is 199 Å². The zero-order valence-corrected chi connectivity index (χ0v) is 26.0. The summed E-state index contributed by atoms with van der Waals surface area (Å²) < 4.78 is 0. The van der Waals surface area contributed by atoms with E-state index in [9.17, 15) is 0 Å². The Kier molecular flexibility index (Phi) is 8.49. The molecule has 0 aliphatic heterocycles. The number of benzene rings is 7. The maximum Gasteiger partial charge on any atom is 0.0463 e. The van der Waals surface area contributed by atoms with E-state index in [1.807, 2.05) is 36.4 Å². The molecule has 0 bridgehead atoms. The molecule has 0 aromatic heterocycles. The standard InChI is InChI=1S/C42H32ClN3/c43-33-21-23-38(24-22-33)46(41-29-25-39(26-30-41)44(34-13-5-1-6-14-34)35-15-7-2-8-16-35)42-31-27-40(28-32-42)45(36-17-9-3-10-18-36)37-19-11-4-12-20-37/h1-32H. The minimum atomic E-state index is 0.706. The summed E-state index contributed by atoms with van der Waals surface area (Å²) in [4.78, 5) is 6.80. The predicted molar refractivity (Wildman–Crippen MR) is 196 cm³/mol. The van der Waals surface area contributed by atoms with Gasteiger partial charge in [0.15, 0.2) is 0 Å². The van der Waals surface area contributed by atoms with E-state index in [0.29, 0.717) is 5.02 Å². The van der Waals surface area contributed by atoms with Crippen molar-refractivity contribution in [3.63, 3.8) is 0 Å². The number of anilines is 9. The third kappa shape index (κ3) is 6.23. The van der Waals surface area contributed by atoms with Gasteiger partial charge in [-0.05, 0) is 121 Å². The summed E-state index contributed by atoms with van der Waals surface area (Å²) >= 11 is 6.32. The normalized spacial score (nSPS) is 10.7. The van der Waals surface area contributed by atoms with Gasteiger partial charge in [0.1, 0.15) is 0 Å². The number of halogens is 1. The molecule has 0 fully saturated rings. The number of hydrogen-bond donors (Lipinski definition) is 0. The van der Waals surface area contributed by atoms with Crippen molar-refractivity contribution >= 4 is 62.8 Å². The zero-order valence-electron chi connectivity index (χ0n) is 25.2. The smallest absolute Gasteiger partial charge is 0.0463 e. The summed E-state index contributed by atoms with van der Waals surface area (Å²) in [6.45, 7) is 0. The molecule has 0 N–H and O–H groups in total. The summed E-state index contributed by atoms with van der Waals surface area (Å²) in [5.41, 5.74) is 9.69. The molecule has 7 aromatic rings. The first kappa shape index (κ1) is 29.0. The Morgan fingerprint density at radius 2 is 0.391 bits per heavy atom. The molecule has 46 heavy (non-hydrogen) atoms. The lowest BCUT2D eigenvalue weighted by atomic mass is 10.1. The van der Waals surface area contributed by atoms with Crippen LogP contribution in [0.1, 0.15) is 0 Å². The van der Waals surface area contributed by atoms with E-state index in [2.05, 4.69) is 172 Å². The molecular weight excluding hydrogens is 582 g/mol. The Morgan fingerprint density at radius 3 is 0.609 bits per heavy atom. The predicted octanol–water partition coefficient (Wildman–Crippen LogP) is 12.7. The molecular formula is C42H32ClN3. The highest BCUT2D eigenvalue weighted by Gasteiger charge is 2.17. The molecule has 0 amide bonds. The van der Waals surface area contributed by atoms with Gasteiger partial charge in [-0.2, -0.15) is 0 Å². The first-order chi connectivity index (χ1) is 22.7. The molecule has 222 valence electrons. The van der Waals surface area contributed by atoms with Gasteiger partial charge in [-0.3, -0.25) is 0 Å². The number of hydrogen-bond acceptors (Lipinski definition) is 3. The number of rotatable bonds is 9. The molecule has 4 heteroatoms. The van der Waals surface area contributed by atoms with Crippen molar-refractivity contribution in [1.29, 1.82) is 0 Å². The van der Waals surface area contributed by atoms with Gasteiger partial charge in [0.25, 0.3) is 0 Å². The minimum absolute atomic E-state index is 0.706. The molecule has 0 radical (unpaired) electrons. The SMILES string of the molecule is Clc1ccc(N(c2ccc(N(c3ccccc3)c3ccccc3)cc2)c2ccc(N(c3ccccc3)c3ccccc3)cc2)cc1. The fraction of sp³-hybridized carbons (Fsp3) is 0. The Morgan fingerprint density at radius 1 is 0.217 bits per heavy atom. The first-order valence-corrected chi connectivity index (χ1v) is 15.7. The molecule has 3 nitrogen and oxygen atoms in total.